The van der Waals surface area contributed by atoms with E-state index in [4.69, 9.17) is 11.5 Å². The zero-order chi connectivity index (χ0) is 15.5. The summed E-state index contributed by atoms with van der Waals surface area (Å²) in [6.45, 7) is 6.66. The molecule has 0 aliphatic rings. The van der Waals surface area contributed by atoms with Crippen LogP contribution in [0, 0.1) is 6.07 Å². The van der Waals surface area contributed by atoms with E-state index in [1.165, 1.54) is 18.5 Å². The van der Waals surface area contributed by atoms with Crippen LogP contribution in [0.2, 0.25) is 0 Å². The number of hydrogen-bond acceptors (Lipinski definition) is 3. The molecule has 0 saturated heterocycles. The Labute approximate surface area is 128 Å². The molecule has 0 fully saturated rings. The maximum absolute atomic E-state index is 5.66. The highest BCUT2D eigenvalue weighted by Crippen LogP contribution is 2.16. The first-order chi connectivity index (χ1) is 10.2. The van der Waals surface area contributed by atoms with Crippen LogP contribution in [0.15, 0.2) is 48.5 Å². The minimum Gasteiger partial charge on any atom is -0.399 e. The Morgan fingerprint density at radius 3 is 1.90 bits per heavy atom. The second kappa shape index (κ2) is 9.70. The van der Waals surface area contributed by atoms with Gasteiger partial charge in [0.25, 0.3) is 0 Å². The van der Waals surface area contributed by atoms with E-state index in [0.717, 1.165) is 24.5 Å². The summed E-state index contributed by atoms with van der Waals surface area (Å²) in [6.07, 6.45) is 2.37. The first kappa shape index (κ1) is 16.9. The van der Waals surface area contributed by atoms with Crippen LogP contribution in [0.25, 0.3) is 0 Å². The van der Waals surface area contributed by atoms with Crippen LogP contribution in [0.5, 0.6) is 0 Å². The third-order valence-electron chi connectivity index (χ3n) is 2.98. The fourth-order valence-electron chi connectivity index (χ4n) is 2.00. The lowest BCUT2D eigenvalue weighted by Gasteiger charge is -2.23. The Bertz CT molecular complexity index is 474. The van der Waals surface area contributed by atoms with Gasteiger partial charge in [0.1, 0.15) is 0 Å². The number of rotatable bonds is 5. The highest BCUT2D eigenvalue weighted by Gasteiger charge is 2.02. The molecule has 0 aromatic heterocycles. The van der Waals surface area contributed by atoms with Gasteiger partial charge >= 0.3 is 0 Å². The maximum Gasteiger partial charge on any atom is 0.0367 e. The van der Waals surface area contributed by atoms with Gasteiger partial charge in [0.15, 0.2) is 0 Å². The molecule has 113 valence electrons. The first-order valence-corrected chi connectivity index (χ1v) is 7.49. The zero-order valence-electron chi connectivity index (χ0n) is 13.0. The van der Waals surface area contributed by atoms with Crippen LogP contribution in [0.4, 0.5) is 17.1 Å². The van der Waals surface area contributed by atoms with Crippen molar-refractivity contribution in [3.63, 3.8) is 0 Å². The van der Waals surface area contributed by atoms with E-state index < -0.39 is 0 Å². The quantitative estimate of drug-likeness (QED) is 0.817. The van der Waals surface area contributed by atoms with Gasteiger partial charge in [-0.2, -0.15) is 0 Å². The molecule has 0 saturated carbocycles. The van der Waals surface area contributed by atoms with E-state index in [2.05, 4.69) is 36.9 Å². The van der Waals surface area contributed by atoms with Crippen LogP contribution in [-0.4, -0.2) is 13.1 Å². The van der Waals surface area contributed by atoms with Gasteiger partial charge in [-0.25, -0.2) is 0 Å². The molecule has 0 bridgehead atoms. The molecule has 0 spiro atoms. The third kappa shape index (κ3) is 6.70. The molecule has 2 rings (SSSR count). The molecule has 3 nitrogen and oxygen atoms in total. The molecule has 0 unspecified atom stereocenters. The van der Waals surface area contributed by atoms with E-state index in [1.807, 2.05) is 30.3 Å². The van der Waals surface area contributed by atoms with Crippen LogP contribution in [0.3, 0.4) is 0 Å². The predicted octanol–water partition coefficient (Wildman–Crippen LogP) is 3.96. The molecule has 0 aliphatic heterocycles. The number of nitrogens with zero attached hydrogens (tertiary/aromatic N) is 1. The normalized spacial score (nSPS) is 9.62. The molecule has 21 heavy (non-hydrogen) atoms. The summed E-state index contributed by atoms with van der Waals surface area (Å²) < 4.78 is 0. The average molecular weight is 284 g/mol. The van der Waals surface area contributed by atoms with E-state index in [1.54, 1.807) is 6.07 Å². The van der Waals surface area contributed by atoms with Crippen molar-refractivity contribution in [1.29, 1.82) is 0 Å². The molecule has 0 amide bonds. The molecule has 1 radical (unpaired) electrons. The predicted molar refractivity (Wildman–Crippen MR) is 93.3 cm³/mol. The lowest BCUT2D eigenvalue weighted by Crippen LogP contribution is -2.24. The molecule has 2 aromatic carbocycles. The average Bonchev–Trinajstić information content (AvgIpc) is 2.49. The van der Waals surface area contributed by atoms with Gasteiger partial charge in [-0.3, -0.25) is 0 Å². The summed E-state index contributed by atoms with van der Waals surface area (Å²) in [5.41, 5.74) is 13.9. The summed E-state index contributed by atoms with van der Waals surface area (Å²) in [5.74, 6) is 0. The lowest BCUT2D eigenvalue weighted by molar-refractivity contribution is 0.745. The number of nitrogens with two attached hydrogens (primary N) is 2. The van der Waals surface area contributed by atoms with Crippen molar-refractivity contribution in [2.24, 2.45) is 0 Å². The number of nitrogen functional groups attached to an aromatic ring is 2. The van der Waals surface area contributed by atoms with Crippen molar-refractivity contribution < 1.29 is 0 Å². The minimum absolute atomic E-state index is 0.766. The standard InChI is InChI=1S/C12H20N2.C6H6N/c1-3-9-14(10-4-2)12-7-5-11(13)6-8-12;7-6-4-2-1-3-5-6/h5-8H,3-4,9-10,13H2,1-2H3;1-2,4-5H,7H2. The zero-order valence-corrected chi connectivity index (χ0v) is 13.0. The Kier molecular flexibility index (Phi) is 7.80. The molecule has 4 N–H and O–H groups in total. The van der Waals surface area contributed by atoms with Gasteiger partial charge in [-0.05, 0) is 55.3 Å². The monoisotopic (exact) mass is 284 g/mol. The van der Waals surface area contributed by atoms with Gasteiger partial charge in [0.05, 0.1) is 0 Å². The van der Waals surface area contributed by atoms with Gasteiger partial charge in [-0.15, -0.1) is 0 Å². The Hall–Kier alpha value is -2.16. The number of hydrogen-bond donors (Lipinski definition) is 2. The fraction of sp³-hybridized carbons (Fsp3) is 0.333. The van der Waals surface area contributed by atoms with Crippen LogP contribution < -0.4 is 16.4 Å². The topological polar surface area (TPSA) is 55.3 Å². The van der Waals surface area contributed by atoms with Crippen molar-refractivity contribution in [2.45, 2.75) is 26.7 Å². The van der Waals surface area contributed by atoms with E-state index >= 15 is 0 Å². The van der Waals surface area contributed by atoms with Crippen molar-refractivity contribution in [3.8, 4) is 0 Å². The SMILES string of the molecule is CCCN(CCC)c1ccc(N)cc1.Nc1c[c]ccc1. The van der Waals surface area contributed by atoms with Crippen molar-refractivity contribution >= 4 is 17.1 Å². The number of anilines is 3. The summed E-state index contributed by atoms with van der Waals surface area (Å²) >= 11 is 0. The van der Waals surface area contributed by atoms with Crippen molar-refractivity contribution in [2.75, 3.05) is 29.5 Å². The molecule has 2 aromatic rings. The van der Waals surface area contributed by atoms with Gasteiger partial charge < -0.3 is 16.4 Å². The smallest absolute Gasteiger partial charge is 0.0367 e. The van der Waals surface area contributed by atoms with Gasteiger partial charge in [0, 0.05) is 30.2 Å². The Balaban J connectivity index is 0.000000262. The maximum atomic E-state index is 5.66. The van der Waals surface area contributed by atoms with E-state index in [9.17, 15) is 0 Å². The largest absolute Gasteiger partial charge is 0.399 e. The molecule has 3 heteroatoms. The second-order valence-corrected chi connectivity index (χ2v) is 4.92. The third-order valence-corrected chi connectivity index (χ3v) is 2.98. The number of benzene rings is 2. The second-order valence-electron chi connectivity index (χ2n) is 4.92. The summed E-state index contributed by atoms with van der Waals surface area (Å²) in [7, 11) is 0. The molecule has 0 atom stereocenters. The minimum atomic E-state index is 0.766. The molecular weight excluding hydrogens is 258 g/mol. The van der Waals surface area contributed by atoms with Crippen LogP contribution >= 0.6 is 0 Å². The van der Waals surface area contributed by atoms with Crippen LogP contribution in [-0.2, 0) is 0 Å². The molecule has 0 heterocycles. The Morgan fingerprint density at radius 1 is 0.905 bits per heavy atom. The van der Waals surface area contributed by atoms with Crippen molar-refractivity contribution in [1.82, 2.24) is 0 Å². The van der Waals surface area contributed by atoms with E-state index in [0.29, 0.717) is 0 Å². The van der Waals surface area contributed by atoms with Gasteiger partial charge in [-0.1, -0.05) is 26.0 Å². The highest BCUT2D eigenvalue weighted by molar-refractivity contribution is 5.53. The van der Waals surface area contributed by atoms with Crippen molar-refractivity contribution in [3.05, 3.63) is 54.6 Å². The highest BCUT2D eigenvalue weighted by atomic mass is 15.1. The fourth-order valence-corrected chi connectivity index (χ4v) is 2.00. The first-order valence-electron chi connectivity index (χ1n) is 7.49. The summed E-state index contributed by atoms with van der Waals surface area (Å²) in [6, 6.07) is 18.2. The van der Waals surface area contributed by atoms with Crippen LogP contribution in [0.1, 0.15) is 26.7 Å². The van der Waals surface area contributed by atoms with E-state index in [-0.39, 0.29) is 0 Å². The summed E-state index contributed by atoms with van der Waals surface area (Å²) in [5, 5.41) is 0. The summed E-state index contributed by atoms with van der Waals surface area (Å²) in [4.78, 5) is 2.40. The lowest BCUT2D eigenvalue weighted by atomic mass is 10.2. The Morgan fingerprint density at radius 2 is 1.52 bits per heavy atom. The molecular formula is C18H26N3. The molecule has 0 aliphatic carbocycles. The van der Waals surface area contributed by atoms with Gasteiger partial charge in [0.2, 0.25) is 0 Å².